The molecule has 0 N–H and O–H groups in total. The van der Waals surface area contributed by atoms with Gasteiger partial charge in [0.1, 0.15) is 0 Å². The van der Waals surface area contributed by atoms with Crippen molar-refractivity contribution in [2.75, 3.05) is 0 Å². The molecule has 0 bridgehead atoms. The van der Waals surface area contributed by atoms with Crippen LogP contribution in [0.2, 0.25) is 0 Å². The normalized spacial score (nSPS) is 14.9. The lowest BCUT2D eigenvalue weighted by Crippen LogP contribution is -2.44. The summed E-state index contributed by atoms with van der Waals surface area (Å²) in [5, 5.41) is 0. The monoisotopic (exact) mass is 198 g/mol. The Kier molecular flexibility index (Phi) is 6.60. The Morgan fingerprint density at radius 2 is 1.57 bits per heavy atom. The van der Waals surface area contributed by atoms with E-state index in [1.165, 1.54) is 0 Å². The van der Waals surface area contributed by atoms with Crippen molar-refractivity contribution in [3.63, 3.8) is 0 Å². The van der Waals surface area contributed by atoms with Crippen molar-refractivity contribution in [1.29, 1.82) is 0 Å². The minimum Gasteiger partial charge on any atom is -0.337 e. The van der Waals surface area contributed by atoms with Gasteiger partial charge in [-0.15, -0.1) is 0 Å². The molecule has 0 saturated heterocycles. The van der Waals surface area contributed by atoms with Crippen molar-refractivity contribution in [3.8, 4) is 0 Å². The van der Waals surface area contributed by atoms with Crippen LogP contribution in [0.3, 0.4) is 0 Å². The van der Waals surface area contributed by atoms with E-state index in [4.69, 9.17) is 0 Å². The Bertz CT molecular complexity index is 158. The van der Waals surface area contributed by atoms with Crippen molar-refractivity contribution < 1.29 is 4.79 Å². The van der Waals surface area contributed by atoms with Gasteiger partial charge in [-0.3, -0.25) is 4.79 Å². The smallest absolute Gasteiger partial charge is 0.226 e. The molecule has 2 atom stereocenters. The van der Waals surface area contributed by atoms with Crippen molar-refractivity contribution in [3.05, 3.63) is 6.42 Å². The van der Waals surface area contributed by atoms with Crippen LogP contribution in [-0.2, 0) is 4.79 Å². The number of hydrogen-bond acceptors (Lipinski definition) is 1. The zero-order valence-electron chi connectivity index (χ0n) is 10.2. The Labute approximate surface area is 88.7 Å². The maximum Gasteiger partial charge on any atom is 0.226 e. The van der Waals surface area contributed by atoms with E-state index in [-0.39, 0.29) is 5.91 Å². The average molecular weight is 198 g/mol. The lowest BCUT2D eigenvalue weighted by Gasteiger charge is -2.34. The first-order valence-corrected chi connectivity index (χ1v) is 5.73. The fraction of sp³-hybridized carbons (Fsp3) is 0.833. The predicted octanol–water partition coefficient (Wildman–Crippen LogP) is 3.03. The van der Waals surface area contributed by atoms with Crippen LogP contribution in [0, 0.1) is 6.42 Å². The summed E-state index contributed by atoms with van der Waals surface area (Å²) in [6.07, 6.45) is 4.64. The first kappa shape index (κ1) is 13.5. The first-order valence-electron chi connectivity index (χ1n) is 5.73. The van der Waals surface area contributed by atoms with Gasteiger partial charge in [0.25, 0.3) is 0 Å². The highest BCUT2D eigenvalue weighted by Crippen LogP contribution is 2.13. The van der Waals surface area contributed by atoms with E-state index in [2.05, 4.69) is 27.7 Å². The second kappa shape index (κ2) is 6.86. The van der Waals surface area contributed by atoms with Crippen LogP contribution in [-0.4, -0.2) is 22.9 Å². The Morgan fingerprint density at radius 3 is 1.86 bits per heavy atom. The molecular weight excluding hydrogens is 174 g/mol. The molecular formula is C12H24NO. The van der Waals surface area contributed by atoms with Gasteiger partial charge in [-0.2, -0.15) is 0 Å². The molecule has 2 heteroatoms. The number of hydrogen-bond donors (Lipinski definition) is 0. The quantitative estimate of drug-likeness (QED) is 0.642. The highest BCUT2D eigenvalue weighted by molar-refractivity contribution is 5.85. The molecule has 2 unspecified atom stereocenters. The third kappa shape index (κ3) is 3.69. The SMILES string of the molecule is CC[CH]C(=O)N(C(C)CC)C(C)CC. The standard InChI is InChI=1S/C12H24NO/c1-6-9-12(14)13(10(4)7-2)11(5)8-3/h9-11H,6-8H2,1-5H3. The summed E-state index contributed by atoms with van der Waals surface area (Å²) in [5.41, 5.74) is 0. The molecule has 14 heavy (non-hydrogen) atoms. The van der Waals surface area contributed by atoms with Crippen LogP contribution in [0.1, 0.15) is 53.9 Å². The van der Waals surface area contributed by atoms with Crippen LogP contribution in [0.5, 0.6) is 0 Å². The van der Waals surface area contributed by atoms with Gasteiger partial charge in [-0.25, -0.2) is 0 Å². The van der Waals surface area contributed by atoms with E-state index in [9.17, 15) is 4.79 Å². The van der Waals surface area contributed by atoms with Crippen LogP contribution in [0.4, 0.5) is 0 Å². The van der Waals surface area contributed by atoms with Crippen LogP contribution in [0.15, 0.2) is 0 Å². The van der Waals surface area contributed by atoms with Gasteiger partial charge in [0.2, 0.25) is 5.91 Å². The summed E-state index contributed by atoms with van der Waals surface area (Å²) in [6, 6.07) is 0.695. The van der Waals surface area contributed by atoms with Crippen molar-refractivity contribution in [2.45, 2.75) is 66.0 Å². The van der Waals surface area contributed by atoms with E-state index in [0.717, 1.165) is 19.3 Å². The molecule has 0 saturated carbocycles. The molecule has 0 aromatic rings. The number of carbonyl (C=O) groups is 1. The van der Waals surface area contributed by atoms with Crippen LogP contribution in [0.25, 0.3) is 0 Å². The van der Waals surface area contributed by atoms with E-state index in [0.29, 0.717) is 12.1 Å². The minimum absolute atomic E-state index is 0.191. The highest BCUT2D eigenvalue weighted by Gasteiger charge is 2.22. The van der Waals surface area contributed by atoms with E-state index < -0.39 is 0 Å². The van der Waals surface area contributed by atoms with Gasteiger partial charge in [0, 0.05) is 18.5 Å². The molecule has 0 fully saturated rings. The Morgan fingerprint density at radius 1 is 1.14 bits per heavy atom. The van der Waals surface area contributed by atoms with E-state index >= 15 is 0 Å². The predicted molar refractivity (Wildman–Crippen MR) is 60.9 cm³/mol. The lowest BCUT2D eigenvalue weighted by atomic mass is 10.1. The molecule has 0 aliphatic carbocycles. The Balaban J connectivity index is 4.45. The molecule has 0 aromatic carbocycles. The summed E-state index contributed by atoms with van der Waals surface area (Å²) in [7, 11) is 0. The third-order valence-corrected chi connectivity index (χ3v) is 2.76. The summed E-state index contributed by atoms with van der Waals surface area (Å²) in [4.78, 5) is 13.8. The topological polar surface area (TPSA) is 20.3 Å². The zero-order valence-corrected chi connectivity index (χ0v) is 10.2. The van der Waals surface area contributed by atoms with Gasteiger partial charge in [-0.05, 0) is 33.1 Å². The van der Waals surface area contributed by atoms with Crippen molar-refractivity contribution in [2.24, 2.45) is 0 Å². The first-order chi connectivity index (χ1) is 6.58. The van der Waals surface area contributed by atoms with Gasteiger partial charge >= 0.3 is 0 Å². The van der Waals surface area contributed by atoms with Gasteiger partial charge in [0.15, 0.2) is 0 Å². The molecule has 1 amide bonds. The third-order valence-electron chi connectivity index (χ3n) is 2.76. The number of carbonyl (C=O) groups excluding carboxylic acids is 1. The molecule has 1 radical (unpaired) electrons. The van der Waals surface area contributed by atoms with Crippen LogP contribution >= 0.6 is 0 Å². The van der Waals surface area contributed by atoms with Gasteiger partial charge in [0.05, 0.1) is 0 Å². The Hall–Kier alpha value is -0.530. The van der Waals surface area contributed by atoms with Crippen LogP contribution < -0.4 is 0 Å². The molecule has 0 heterocycles. The molecule has 0 aliphatic heterocycles. The maximum atomic E-state index is 11.8. The lowest BCUT2D eigenvalue weighted by molar-refractivity contribution is -0.132. The summed E-state index contributed by atoms with van der Waals surface area (Å²) >= 11 is 0. The minimum atomic E-state index is 0.191. The summed E-state index contributed by atoms with van der Waals surface area (Å²) in [5.74, 6) is 0.191. The second-order valence-corrected chi connectivity index (χ2v) is 3.87. The van der Waals surface area contributed by atoms with Crippen molar-refractivity contribution in [1.82, 2.24) is 4.90 Å². The fourth-order valence-electron chi connectivity index (χ4n) is 1.54. The zero-order chi connectivity index (χ0) is 11.1. The molecule has 2 nitrogen and oxygen atoms in total. The molecule has 0 spiro atoms. The van der Waals surface area contributed by atoms with Crippen molar-refractivity contribution >= 4 is 5.91 Å². The molecule has 0 aliphatic rings. The van der Waals surface area contributed by atoms with Gasteiger partial charge in [-0.1, -0.05) is 20.8 Å². The van der Waals surface area contributed by atoms with Gasteiger partial charge < -0.3 is 4.90 Å². The molecule has 83 valence electrons. The summed E-state index contributed by atoms with van der Waals surface area (Å²) in [6.45, 7) is 10.5. The second-order valence-electron chi connectivity index (χ2n) is 3.87. The number of amides is 1. The van der Waals surface area contributed by atoms with E-state index in [1.54, 1.807) is 6.42 Å². The summed E-state index contributed by atoms with van der Waals surface area (Å²) < 4.78 is 0. The molecule has 0 rings (SSSR count). The average Bonchev–Trinajstić information content (AvgIpc) is 2.17. The fourth-order valence-corrected chi connectivity index (χ4v) is 1.54. The maximum absolute atomic E-state index is 11.8. The van der Waals surface area contributed by atoms with E-state index in [1.807, 2.05) is 11.8 Å². The largest absolute Gasteiger partial charge is 0.337 e. The number of nitrogens with zero attached hydrogens (tertiary/aromatic N) is 1. The molecule has 0 aromatic heterocycles. The highest BCUT2D eigenvalue weighted by atomic mass is 16.2. The number of rotatable bonds is 6.